The van der Waals surface area contributed by atoms with Crippen molar-refractivity contribution in [1.29, 1.82) is 0 Å². The number of rotatable bonds is 9. The third kappa shape index (κ3) is 9.01. The number of hydrogen-bond acceptors (Lipinski definition) is 4. The molecule has 0 saturated heterocycles. The summed E-state index contributed by atoms with van der Waals surface area (Å²) >= 11 is 0. The largest absolute Gasteiger partial charge is 0.370 e. The van der Waals surface area contributed by atoms with Gasteiger partial charge in [-0.15, -0.1) is 0 Å². The first-order chi connectivity index (χ1) is 8.86. The lowest BCUT2D eigenvalue weighted by atomic mass is 10.0. The molecule has 0 aliphatic carbocycles. The highest BCUT2D eigenvalue weighted by Gasteiger charge is 2.18. The average Bonchev–Trinajstić information content (AvgIpc) is 2.32. The molecule has 2 atom stereocenters. The topological polar surface area (TPSA) is 137 Å². The maximum Gasteiger partial charge on any atom is 0.237 e. The summed E-state index contributed by atoms with van der Waals surface area (Å²) in [6.07, 6.45) is 2.43. The highest BCUT2D eigenvalue weighted by molar-refractivity contribution is 5.84. The molecule has 0 aromatic carbocycles. The van der Waals surface area contributed by atoms with Crippen molar-refractivity contribution in [1.82, 2.24) is 5.32 Å². The third-order valence-electron chi connectivity index (χ3n) is 2.52. The van der Waals surface area contributed by atoms with E-state index in [9.17, 15) is 9.59 Å². The van der Waals surface area contributed by atoms with Crippen LogP contribution in [0.1, 0.15) is 33.1 Å². The van der Waals surface area contributed by atoms with E-state index in [0.29, 0.717) is 31.7 Å². The molecule has 0 spiro atoms. The summed E-state index contributed by atoms with van der Waals surface area (Å²) in [7, 11) is 0. The molecule has 0 aromatic rings. The van der Waals surface area contributed by atoms with Crippen LogP contribution in [-0.4, -0.2) is 36.8 Å². The Hall–Kier alpha value is -1.63. The Labute approximate surface area is 114 Å². The van der Waals surface area contributed by atoms with Crippen LogP contribution in [0.3, 0.4) is 0 Å². The second-order valence-electron chi connectivity index (χ2n) is 4.94. The van der Waals surface area contributed by atoms with Gasteiger partial charge in [-0.3, -0.25) is 9.79 Å². The highest BCUT2D eigenvalue weighted by atomic mass is 16.2. The van der Waals surface area contributed by atoms with Crippen molar-refractivity contribution in [2.24, 2.45) is 28.1 Å². The quantitative estimate of drug-likeness (QED) is 0.186. The van der Waals surface area contributed by atoms with E-state index < -0.39 is 12.1 Å². The van der Waals surface area contributed by atoms with Crippen LogP contribution in [0.15, 0.2) is 4.99 Å². The molecule has 0 bridgehead atoms. The van der Waals surface area contributed by atoms with Crippen molar-refractivity contribution in [2.75, 3.05) is 6.54 Å². The molecule has 0 saturated carbocycles. The van der Waals surface area contributed by atoms with Gasteiger partial charge in [-0.05, 0) is 25.2 Å². The van der Waals surface area contributed by atoms with Crippen LogP contribution < -0.4 is 22.5 Å². The van der Waals surface area contributed by atoms with Gasteiger partial charge >= 0.3 is 0 Å². The van der Waals surface area contributed by atoms with Gasteiger partial charge in [0.05, 0.1) is 12.1 Å². The number of hydrogen-bond donors (Lipinski definition) is 4. The van der Waals surface area contributed by atoms with Crippen LogP contribution in [0.2, 0.25) is 0 Å². The molecule has 0 aliphatic heterocycles. The normalized spacial score (nSPS) is 13.7. The summed E-state index contributed by atoms with van der Waals surface area (Å²) in [5.41, 5.74) is 16.1. The number of nitrogens with zero attached hydrogens (tertiary/aromatic N) is 1. The summed E-state index contributed by atoms with van der Waals surface area (Å²) in [5, 5.41) is 2.63. The Bertz CT molecular complexity index is 313. The number of nitrogens with one attached hydrogen (secondary N) is 1. The van der Waals surface area contributed by atoms with E-state index in [1.54, 1.807) is 0 Å². The molecule has 110 valence electrons. The van der Waals surface area contributed by atoms with E-state index in [1.807, 2.05) is 13.8 Å². The number of aliphatic imine (C=N–C) groups is 1. The van der Waals surface area contributed by atoms with Gasteiger partial charge in [0.2, 0.25) is 5.91 Å². The molecule has 19 heavy (non-hydrogen) atoms. The Kier molecular flexibility index (Phi) is 8.52. The second-order valence-corrected chi connectivity index (χ2v) is 4.94. The number of nitrogens with two attached hydrogens (primary N) is 3. The minimum atomic E-state index is -0.649. The van der Waals surface area contributed by atoms with E-state index in [1.165, 1.54) is 0 Å². The van der Waals surface area contributed by atoms with Gasteiger partial charge in [0.1, 0.15) is 6.29 Å². The molecule has 7 nitrogen and oxygen atoms in total. The number of carbonyl (C=O) groups excluding carboxylic acids is 2. The van der Waals surface area contributed by atoms with E-state index in [-0.39, 0.29) is 11.9 Å². The van der Waals surface area contributed by atoms with Crippen LogP contribution >= 0.6 is 0 Å². The minimum absolute atomic E-state index is 0.0241. The standard InChI is InChI=1S/C12H25N5O2/c1-8(2)6-9(7-18)17-11(19)10(13)4-3-5-16-12(14)15/h7-10H,3-6,13H2,1-2H3,(H,17,19)(H4,14,15,16)/t9-,10+/m1/s1. The van der Waals surface area contributed by atoms with Crippen molar-refractivity contribution in [3.8, 4) is 0 Å². The fraction of sp³-hybridized carbons (Fsp3) is 0.750. The molecule has 0 aromatic heterocycles. The van der Waals surface area contributed by atoms with Gasteiger partial charge in [0.15, 0.2) is 5.96 Å². The Morgan fingerprint density at radius 2 is 2.00 bits per heavy atom. The van der Waals surface area contributed by atoms with Crippen LogP contribution in [0.4, 0.5) is 0 Å². The summed E-state index contributed by atoms with van der Waals surface area (Å²) in [5.74, 6) is 0.0343. The molecular formula is C12H25N5O2. The third-order valence-corrected chi connectivity index (χ3v) is 2.52. The van der Waals surface area contributed by atoms with Crippen molar-refractivity contribution >= 4 is 18.2 Å². The zero-order valence-electron chi connectivity index (χ0n) is 11.6. The molecule has 0 unspecified atom stereocenters. The van der Waals surface area contributed by atoms with Gasteiger partial charge in [0.25, 0.3) is 0 Å². The lowest BCUT2D eigenvalue weighted by Crippen LogP contribution is -2.46. The number of aldehydes is 1. The van der Waals surface area contributed by atoms with Gasteiger partial charge in [-0.25, -0.2) is 0 Å². The second kappa shape index (κ2) is 9.32. The first-order valence-corrected chi connectivity index (χ1v) is 6.43. The predicted octanol–water partition coefficient (Wildman–Crippen LogP) is -0.903. The molecule has 0 aliphatic rings. The van der Waals surface area contributed by atoms with Crippen LogP contribution in [0.5, 0.6) is 0 Å². The molecule has 0 heterocycles. The summed E-state index contributed by atoms with van der Waals surface area (Å²) in [6.45, 7) is 4.40. The van der Waals surface area contributed by atoms with Crippen LogP contribution in [0.25, 0.3) is 0 Å². The van der Waals surface area contributed by atoms with Gasteiger partial charge in [-0.2, -0.15) is 0 Å². The lowest BCUT2D eigenvalue weighted by molar-refractivity contribution is -0.125. The van der Waals surface area contributed by atoms with E-state index in [0.717, 1.165) is 6.29 Å². The number of carbonyl (C=O) groups is 2. The lowest BCUT2D eigenvalue weighted by Gasteiger charge is -2.17. The summed E-state index contributed by atoms with van der Waals surface area (Å²) < 4.78 is 0. The number of guanidine groups is 1. The molecule has 7 heteroatoms. The Balaban J connectivity index is 4.04. The predicted molar refractivity (Wildman–Crippen MR) is 75.3 cm³/mol. The van der Waals surface area contributed by atoms with Crippen LogP contribution in [-0.2, 0) is 9.59 Å². The highest BCUT2D eigenvalue weighted by Crippen LogP contribution is 2.03. The molecule has 1 amide bonds. The van der Waals surface area contributed by atoms with E-state index >= 15 is 0 Å². The average molecular weight is 271 g/mol. The van der Waals surface area contributed by atoms with Crippen molar-refractivity contribution < 1.29 is 9.59 Å². The van der Waals surface area contributed by atoms with Gasteiger partial charge < -0.3 is 27.3 Å². The summed E-state index contributed by atoms with van der Waals surface area (Å²) in [4.78, 5) is 26.4. The molecule has 0 radical (unpaired) electrons. The van der Waals surface area contributed by atoms with Crippen molar-refractivity contribution in [3.05, 3.63) is 0 Å². The minimum Gasteiger partial charge on any atom is -0.370 e. The zero-order chi connectivity index (χ0) is 14.8. The maximum absolute atomic E-state index is 11.7. The van der Waals surface area contributed by atoms with E-state index in [4.69, 9.17) is 17.2 Å². The van der Waals surface area contributed by atoms with Gasteiger partial charge in [-0.1, -0.05) is 13.8 Å². The van der Waals surface area contributed by atoms with Gasteiger partial charge in [0, 0.05) is 6.54 Å². The molecular weight excluding hydrogens is 246 g/mol. The number of amides is 1. The van der Waals surface area contributed by atoms with E-state index in [2.05, 4.69) is 10.3 Å². The van der Waals surface area contributed by atoms with Crippen LogP contribution in [0, 0.1) is 5.92 Å². The van der Waals surface area contributed by atoms with Crippen molar-refractivity contribution in [3.63, 3.8) is 0 Å². The monoisotopic (exact) mass is 271 g/mol. The first-order valence-electron chi connectivity index (χ1n) is 6.43. The first kappa shape index (κ1) is 17.4. The fourth-order valence-corrected chi connectivity index (χ4v) is 1.60. The molecule has 0 rings (SSSR count). The molecule has 7 N–H and O–H groups in total. The van der Waals surface area contributed by atoms with Crippen molar-refractivity contribution in [2.45, 2.75) is 45.2 Å². The SMILES string of the molecule is CC(C)C[C@H](C=O)NC(=O)[C@@H](N)CCCN=C(N)N. The zero-order valence-corrected chi connectivity index (χ0v) is 11.6. The molecule has 0 fully saturated rings. The Morgan fingerprint density at radius 1 is 1.37 bits per heavy atom. The summed E-state index contributed by atoms with van der Waals surface area (Å²) in [6, 6.07) is -1.12. The fourth-order valence-electron chi connectivity index (χ4n) is 1.60. The Morgan fingerprint density at radius 3 is 2.47 bits per heavy atom. The maximum atomic E-state index is 11.7. The smallest absolute Gasteiger partial charge is 0.237 e.